The van der Waals surface area contributed by atoms with Gasteiger partial charge in [-0.3, -0.25) is 14.9 Å². The average Bonchev–Trinajstić information content (AvgIpc) is 3.14. The fourth-order valence-electron chi connectivity index (χ4n) is 2.67. The van der Waals surface area contributed by atoms with Crippen LogP contribution in [0.3, 0.4) is 0 Å². The summed E-state index contributed by atoms with van der Waals surface area (Å²) < 4.78 is 5.03. The average molecular weight is 366 g/mol. The van der Waals surface area contributed by atoms with E-state index in [1.807, 2.05) is 43.3 Å². The Morgan fingerprint density at radius 3 is 2.81 bits per heavy atom. The molecule has 0 aliphatic rings. The molecule has 0 saturated heterocycles. The molecule has 1 amide bonds. The van der Waals surface area contributed by atoms with Crippen molar-refractivity contribution in [2.75, 3.05) is 26.1 Å². The SMILES string of the molecule is COCc1cc(CNC(=O)c2cccc(-c3nccnc3N(C)C)c2)[nH]n1. The Balaban J connectivity index is 1.74. The largest absolute Gasteiger partial charge is 0.378 e. The van der Waals surface area contributed by atoms with Crippen LogP contribution in [-0.4, -0.2) is 47.3 Å². The number of carbonyl (C=O) groups is 1. The zero-order valence-corrected chi connectivity index (χ0v) is 15.6. The van der Waals surface area contributed by atoms with Crippen LogP contribution in [0.5, 0.6) is 0 Å². The van der Waals surface area contributed by atoms with Gasteiger partial charge in [0.05, 0.1) is 24.5 Å². The van der Waals surface area contributed by atoms with Crippen LogP contribution in [0.2, 0.25) is 0 Å². The summed E-state index contributed by atoms with van der Waals surface area (Å²) in [6.07, 6.45) is 3.29. The number of aromatic nitrogens is 4. The summed E-state index contributed by atoms with van der Waals surface area (Å²) in [7, 11) is 5.43. The molecule has 0 bridgehead atoms. The van der Waals surface area contributed by atoms with Crippen LogP contribution >= 0.6 is 0 Å². The number of amides is 1. The molecule has 2 heterocycles. The Bertz CT molecular complexity index is 922. The van der Waals surface area contributed by atoms with Gasteiger partial charge in [0.2, 0.25) is 0 Å². The van der Waals surface area contributed by atoms with E-state index in [1.54, 1.807) is 25.6 Å². The molecule has 2 aromatic heterocycles. The number of methoxy groups -OCH3 is 1. The predicted octanol–water partition coefficient (Wildman–Crippen LogP) is 2.01. The van der Waals surface area contributed by atoms with Gasteiger partial charge in [-0.2, -0.15) is 5.10 Å². The second kappa shape index (κ2) is 8.41. The van der Waals surface area contributed by atoms with Crippen molar-refractivity contribution in [2.24, 2.45) is 0 Å². The molecule has 8 nitrogen and oxygen atoms in total. The van der Waals surface area contributed by atoms with Crippen LogP contribution in [0.15, 0.2) is 42.7 Å². The Morgan fingerprint density at radius 1 is 1.22 bits per heavy atom. The van der Waals surface area contributed by atoms with Crippen molar-refractivity contribution in [3.8, 4) is 11.3 Å². The highest BCUT2D eigenvalue weighted by Crippen LogP contribution is 2.25. The van der Waals surface area contributed by atoms with Gasteiger partial charge in [0.1, 0.15) is 5.69 Å². The number of nitrogens with one attached hydrogen (secondary N) is 2. The number of rotatable bonds is 7. The van der Waals surface area contributed by atoms with Gasteiger partial charge < -0.3 is 15.0 Å². The van der Waals surface area contributed by atoms with Crippen LogP contribution in [-0.2, 0) is 17.9 Å². The lowest BCUT2D eigenvalue weighted by atomic mass is 10.1. The smallest absolute Gasteiger partial charge is 0.251 e. The van der Waals surface area contributed by atoms with Gasteiger partial charge in [0, 0.05) is 44.7 Å². The molecular weight excluding hydrogens is 344 g/mol. The summed E-state index contributed by atoms with van der Waals surface area (Å²) in [6, 6.07) is 9.21. The number of nitrogens with zero attached hydrogens (tertiary/aromatic N) is 4. The van der Waals surface area contributed by atoms with Crippen LogP contribution in [0.25, 0.3) is 11.3 Å². The van der Waals surface area contributed by atoms with Crippen LogP contribution < -0.4 is 10.2 Å². The van der Waals surface area contributed by atoms with E-state index >= 15 is 0 Å². The third kappa shape index (κ3) is 4.48. The second-order valence-corrected chi connectivity index (χ2v) is 6.20. The van der Waals surface area contributed by atoms with E-state index in [1.165, 1.54) is 0 Å². The first-order valence-corrected chi connectivity index (χ1v) is 8.47. The zero-order chi connectivity index (χ0) is 19.2. The first-order valence-electron chi connectivity index (χ1n) is 8.47. The zero-order valence-electron chi connectivity index (χ0n) is 15.6. The summed E-state index contributed by atoms with van der Waals surface area (Å²) in [5.41, 5.74) is 3.73. The Hall–Kier alpha value is -3.26. The number of hydrogen-bond donors (Lipinski definition) is 2. The van der Waals surface area contributed by atoms with E-state index in [0.717, 1.165) is 28.5 Å². The van der Waals surface area contributed by atoms with Crippen molar-refractivity contribution in [3.05, 3.63) is 59.7 Å². The minimum atomic E-state index is -0.171. The first-order chi connectivity index (χ1) is 13.1. The third-order valence-corrected chi connectivity index (χ3v) is 3.92. The maximum absolute atomic E-state index is 12.5. The lowest BCUT2D eigenvalue weighted by Crippen LogP contribution is -2.23. The molecule has 1 aromatic carbocycles. The van der Waals surface area contributed by atoms with E-state index in [0.29, 0.717) is 18.7 Å². The quantitative estimate of drug-likeness (QED) is 0.664. The minimum Gasteiger partial charge on any atom is -0.378 e. The Labute approximate surface area is 157 Å². The van der Waals surface area contributed by atoms with Crippen molar-refractivity contribution in [1.82, 2.24) is 25.5 Å². The van der Waals surface area contributed by atoms with E-state index in [4.69, 9.17) is 4.74 Å². The van der Waals surface area contributed by atoms with Crippen molar-refractivity contribution in [3.63, 3.8) is 0 Å². The van der Waals surface area contributed by atoms with Gasteiger partial charge in [-0.15, -0.1) is 0 Å². The fraction of sp³-hybridized carbons (Fsp3) is 0.263. The Kier molecular flexibility index (Phi) is 5.77. The lowest BCUT2D eigenvalue weighted by molar-refractivity contribution is 0.0950. The number of H-pyrrole nitrogens is 1. The van der Waals surface area contributed by atoms with Crippen molar-refractivity contribution in [1.29, 1.82) is 0 Å². The standard InChI is InChI=1S/C19H22N6O2/c1-25(2)18-17(20-7-8-21-18)13-5-4-6-14(9-13)19(26)22-11-15-10-16(12-27-3)24-23-15/h4-10H,11-12H2,1-3H3,(H,22,26)(H,23,24). The number of benzene rings is 1. The summed E-state index contributed by atoms with van der Waals surface area (Å²) in [4.78, 5) is 23.2. The van der Waals surface area contributed by atoms with E-state index < -0.39 is 0 Å². The second-order valence-electron chi connectivity index (χ2n) is 6.20. The number of anilines is 1. The molecule has 140 valence electrons. The maximum atomic E-state index is 12.5. The first kappa shape index (κ1) is 18.5. The van der Waals surface area contributed by atoms with Crippen LogP contribution in [0.4, 0.5) is 5.82 Å². The molecule has 8 heteroatoms. The number of aromatic amines is 1. The molecule has 0 fully saturated rings. The van der Waals surface area contributed by atoms with Crippen molar-refractivity contribution in [2.45, 2.75) is 13.2 Å². The van der Waals surface area contributed by atoms with Crippen LogP contribution in [0.1, 0.15) is 21.7 Å². The van der Waals surface area contributed by atoms with Gasteiger partial charge in [0.15, 0.2) is 5.82 Å². The molecular formula is C19H22N6O2. The fourth-order valence-corrected chi connectivity index (χ4v) is 2.67. The molecule has 0 unspecified atom stereocenters. The van der Waals surface area contributed by atoms with E-state index in [-0.39, 0.29) is 5.91 Å². The Morgan fingerprint density at radius 2 is 2.04 bits per heavy atom. The monoisotopic (exact) mass is 366 g/mol. The molecule has 27 heavy (non-hydrogen) atoms. The van der Waals surface area contributed by atoms with Crippen LogP contribution in [0, 0.1) is 0 Å². The highest BCUT2D eigenvalue weighted by atomic mass is 16.5. The molecule has 3 aromatic rings. The normalized spacial score (nSPS) is 10.6. The molecule has 3 rings (SSSR count). The van der Waals surface area contributed by atoms with Crippen molar-refractivity contribution < 1.29 is 9.53 Å². The van der Waals surface area contributed by atoms with E-state index in [2.05, 4.69) is 25.5 Å². The maximum Gasteiger partial charge on any atom is 0.251 e. The molecule has 0 saturated carbocycles. The van der Waals surface area contributed by atoms with Gasteiger partial charge in [0.25, 0.3) is 5.91 Å². The predicted molar refractivity (Wildman–Crippen MR) is 102 cm³/mol. The highest BCUT2D eigenvalue weighted by molar-refractivity contribution is 5.95. The van der Waals surface area contributed by atoms with Crippen molar-refractivity contribution >= 4 is 11.7 Å². The molecule has 0 aliphatic heterocycles. The number of hydrogen-bond acceptors (Lipinski definition) is 6. The molecule has 0 spiro atoms. The molecule has 0 radical (unpaired) electrons. The van der Waals surface area contributed by atoms with E-state index in [9.17, 15) is 4.79 Å². The molecule has 0 aliphatic carbocycles. The van der Waals surface area contributed by atoms with Gasteiger partial charge in [-0.1, -0.05) is 12.1 Å². The van der Waals surface area contributed by atoms with Gasteiger partial charge in [-0.05, 0) is 18.2 Å². The summed E-state index contributed by atoms with van der Waals surface area (Å²) in [5.74, 6) is 0.577. The lowest BCUT2D eigenvalue weighted by Gasteiger charge is -2.15. The summed E-state index contributed by atoms with van der Waals surface area (Å²) >= 11 is 0. The third-order valence-electron chi connectivity index (χ3n) is 3.92. The molecule has 0 atom stereocenters. The van der Waals surface area contributed by atoms with Gasteiger partial charge in [-0.25, -0.2) is 4.98 Å². The minimum absolute atomic E-state index is 0.171. The summed E-state index contributed by atoms with van der Waals surface area (Å²) in [5, 5.41) is 9.89. The number of carbonyl (C=O) groups excluding carboxylic acids is 1. The van der Waals surface area contributed by atoms with Gasteiger partial charge >= 0.3 is 0 Å². The highest BCUT2D eigenvalue weighted by Gasteiger charge is 2.13. The summed E-state index contributed by atoms with van der Waals surface area (Å²) in [6.45, 7) is 0.784. The molecule has 2 N–H and O–H groups in total. The number of ether oxygens (including phenoxy) is 1. The topological polar surface area (TPSA) is 96.0 Å².